The first kappa shape index (κ1) is 32.9. The van der Waals surface area contributed by atoms with E-state index in [0.29, 0.717) is 29.7 Å². The summed E-state index contributed by atoms with van der Waals surface area (Å²) in [6.45, 7) is 6.65. The Labute approximate surface area is 256 Å². The molecule has 10 heteroatoms. The molecule has 1 amide bonds. The number of unbranched alkanes of at least 4 members (excludes halogenated alkanes) is 1. The van der Waals surface area contributed by atoms with E-state index < -0.39 is 23.9 Å². The minimum Gasteiger partial charge on any atom is -0.490 e. The predicted molar refractivity (Wildman–Crippen MR) is 164 cm³/mol. The normalized spacial score (nSPS) is 11.5. The third-order valence-electron chi connectivity index (χ3n) is 6.59. The van der Waals surface area contributed by atoms with E-state index in [1.807, 2.05) is 56.4 Å². The first-order chi connectivity index (χ1) is 20.1. The summed E-state index contributed by atoms with van der Waals surface area (Å²) in [4.78, 5) is 39.7. The maximum absolute atomic E-state index is 13.7. The predicted octanol–water partition coefficient (Wildman–Crippen LogP) is 6.03. The van der Waals surface area contributed by atoms with Gasteiger partial charge < -0.3 is 24.8 Å². The smallest absolute Gasteiger partial charge is 0.344 e. The summed E-state index contributed by atoms with van der Waals surface area (Å²) in [5.74, 6) is -2.21. The van der Waals surface area contributed by atoms with Gasteiger partial charge in [-0.2, -0.15) is 0 Å². The van der Waals surface area contributed by atoms with Crippen molar-refractivity contribution in [2.24, 2.45) is 0 Å². The van der Waals surface area contributed by atoms with Crippen molar-refractivity contribution in [1.82, 2.24) is 10.6 Å². The van der Waals surface area contributed by atoms with E-state index in [0.717, 1.165) is 24.1 Å². The molecule has 0 saturated carbocycles. The van der Waals surface area contributed by atoms with E-state index in [4.69, 9.17) is 37.4 Å². The number of carbonyl (C=O) groups excluding carboxylic acids is 3. The monoisotopic (exact) mass is 614 g/mol. The number of nitrogens with one attached hydrogen (secondary N) is 2. The number of ether oxygens (including phenoxy) is 3. The fourth-order valence-corrected chi connectivity index (χ4v) is 5.23. The Kier molecular flexibility index (Phi) is 12.2. The van der Waals surface area contributed by atoms with Crippen LogP contribution in [0.15, 0.2) is 48.5 Å². The molecule has 1 unspecified atom stereocenters. The number of rotatable bonds is 13. The van der Waals surface area contributed by atoms with Gasteiger partial charge in [0, 0.05) is 6.42 Å². The Hall–Kier alpha value is -3.59. The molecule has 0 aliphatic carbocycles. The van der Waals surface area contributed by atoms with Gasteiger partial charge in [-0.3, -0.25) is 4.79 Å². The van der Waals surface area contributed by atoms with Crippen LogP contribution < -0.4 is 20.1 Å². The van der Waals surface area contributed by atoms with E-state index >= 15 is 0 Å². The molecule has 2 N–H and O–H groups in total. The second-order valence-electron chi connectivity index (χ2n) is 9.94. The van der Waals surface area contributed by atoms with Crippen LogP contribution in [0.4, 0.5) is 0 Å². The SMILES string of the molecule is CNCCCCOc1c(Cl)cc(C(=O)NC(Cc2ccccc2)C(=O)OC)c(OC(=O)c2c(C)cc(C)cc2C)c1Cl. The zero-order valence-electron chi connectivity index (χ0n) is 24.4. The number of esters is 2. The van der Waals surface area contributed by atoms with Gasteiger partial charge in [-0.1, -0.05) is 71.2 Å². The van der Waals surface area contributed by atoms with Crippen LogP contribution >= 0.6 is 23.2 Å². The van der Waals surface area contributed by atoms with Crippen molar-refractivity contribution in [3.05, 3.63) is 92.0 Å². The lowest BCUT2D eigenvalue weighted by molar-refractivity contribution is -0.142. The molecule has 1 atom stereocenters. The van der Waals surface area contributed by atoms with Gasteiger partial charge in [0.15, 0.2) is 11.5 Å². The van der Waals surface area contributed by atoms with Crippen molar-refractivity contribution in [3.63, 3.8) is 0 Å². The molecule has 0 saturated heterocycles. The Bertz CT molecular complexity index is 1410. The van der Waals surface area contributed by atoms with Crippen molar-refractivity contribution in [2.45, 2.75) is 46.1 Å². The van der Waals surface area contributed by atoms with E-state index in [-0.39, 0.29) is 33.5 Å². The highest BCUT2D eigenvalue weighted by Crippen LogP contribution is 2.43. The highest BCUT2D eigenvalue weighted by atomic mass is 35.5. The molecule has 0 fully saturated rings. The number of hydrogen-bond donors (Lipinski definition) is 2. The molecule has 8 nitrogen and oxygen atoms in total. The number of methoxy groups -OCH3 is 1. The lowest BCUT2D eigenvalue weighted by Gasteiger charge is -2.20. The molecule has 0 aliphatic rings. The molecule has 0 heterocycles. The minimum absolute atomic E-state index is 0.0546. The van der Waals surface area contributed by atoms with Crippen LogP contribution in [0.3, 0.4) is 0 Å². The first-order valence-corrected chi connectivity index (χ1v) is 14.3. The number of carbonyl (C=O) groups is 3. The second kappa shape index (κ2) is 15.6. The Morgan fingerprint density at radius 2 is 1.60 bits per heavy atom. The quantitative estimate of drug-likeness (QED) is 0.138. The van der Waals surface area contributed by atoms with Gasteiger partial charge in [0.1, 0.15) is 11.1 Å². The molecule has 0 aliphatic heterocycles. The maximum Gasteiger partial charge on any atom is 0.344 e. The first-order valence-electron chi connectivity index (χ1n) is 13.6. The van der Waals surface area contributed by atoms with Gasteiger partial charge >= 0.3 is 11.9 Å². The summed E-state index contributed by atoms with van der Waals surface area (Å²) in [5, 5.41) is 5.68. The van der Waals surface area contributed by atoms with E-state index in [1.165, 1.54) is 13.2 Å². The van der Waals surface area contributed by atoms with Crippen LogP contribution in [0.1, 0.15) is 55.8 Å². The average Bonchev–Trinajstić information content (AvgIpc) is 2.95. The zero-order valence-corrected chi connectivity index (χ0v) is 25.9. The fourth-order valence-electron chi connectivity index (χ4n) is 4.63. The molecule has 224 valence electrons. The van der Waals surface area contributed by atoms with Gasteiger partial charge in [-0.15, -0.1) is 0 Å². The van der Waals surface area contributed by atoms with Gasteiger partial charge in [-0.25, -0.2) is 9.59 Å². The van der Waals surface area contributed by atoms with Crippen LogP contribution in [0.25, 0.3) is 0 Å². The second-order valence-corrected chi connectivity index (χ2v) is 10.7. The molecule has 3 aromatic rings. The van der Waals surface area contributed by atoms with Gasteiger partial charge in [0.25, 0.3) is 5.91 Å². The number of halogens is 2. The van der Waals surface area contributed by atoms with Crippen molar-refractivity contribution < 1.29 is 28.6 Å². The number of hydrogen-bond acceptors (Lipinski definition) is 7. The van der Waals surface area contributed by atoms with Crippen molar-refractivity contribution in [1.29, 1.82) is 0 Å². The molecular weight excluding hydrogens is 579 g/mol. The van der Waals surface area contributed by atoms with Crippen molar-refractivity contribution in [3.8, 4) is 11.5 Å². The highest BCUT2D eigenvalue weighted by Gasteiger charge is 2.29. The van der Waals surface area contributed by atoms with Crippen molar-refractivity contribution in [2.75, 3.05) is 27.3 Å². The average molecular weight is 616 g/mol. The third kappa shape index (κ3) is 8.47. The summed E-state index contributed by atoms with van der Waals surface area (Å²) in [5.41, 5.74) is 3.44. The highest BCUT2D eigenvalue weighted by molar-refractivity contribution is 6.39. The summed E-state index contributed by atoms with van der Waals surface area (Å²) >= 11 is 13.3. The summed E-state index contributed by atoms with van der Waals surface area (Å²) in [7, 11) is 3.10. The van der Waals surface area contributed by atoms with Crippen LogP contribution in [0, 0.1) is 20.8 Å². The minimum atomic E-state index is -1.03. The standard InChI is InChI=1S/C32H36Cl2N2O6/c1-19-15-20(2)26(21(3)16-19)32(39)42-28-23(18-24(33)29(27(28)34)41-14-10-9-13-35-4)30(37)36-25(31(38)40-5)17-22-11-7-6-8-12-22/h6-8,11-12,15-16,18,25,35H,9-10,13-14,17H2,1-5H3,(H,36,37). The number of aryl methyl sites for hydroxylation is 3. The Balaban J connectivity index is 2.01. The lowest BCUT2D eigenvalue weighted by Crippen LogP contribution is -2.43. The summed E-state index contributed by atoms with van der Waals surface area (Å²) in [6, 6.07) is 13.2. The molecule has 3 aromatic carbocycles. The van der Waals surface area contributed by atoms with Crippen LogP contribution in [0.5, 0.6) is 11.5 Å². The molecule has 0 bridgehead atoms. The van der Waals surface area contributed by atoms with Crippen LogP contribution in [-0.2, 0) is 16.0 Å². The number of benzene rings is 3. The lowest BCUT2D eigenvalue weighted by atomic mass is 10.00. The fraction of sp³-hybridized carbons (Fsp3) is 0.344. The number of amides is 1. The molecule has 0 radical (unpaired) electrons. The van der Waals surface area contributed by atoms with Gasteiger partial charge in [0.2, 0.25) is 0 Å². The summed E-state index contributed by atoms with van der Waals surface area (Å²) in [6.07, 6.45) is 1.74. The Morgan fingerprint density at radius 3 is 2.21 bits per heavy atom. The van der Waals surface area contributed by atoms with Gasteiger partial charge in [-0.05, 0) is 70.0 Å². The maximum atomic E-state index is 13.7. The molecule has 42 heavy (non-hydrogen) atoms. The largest absolute Gasteiger partial charge is 0.490 e. The van der Waals surface area contributed by atoms with E-state index in [1.54, 1.807) is 13.8 Å². The van der Waals surface area contributed by atoms with E-state index in [2.05, 4.69) is 10.6 Å². The topological polar surface area (TPSA) is 103 Å². The third-order valence-corrected chi connectivity index (χ3v) is 7.22. The Morgan fingerprint density at radius 1 is 0.929 bits per heavy atom. The van der Waals surface area contributed by atoms with Crippen LogP contribution in [-0.4, -0.2) is 51.2 Å². The summed E-state index contributed by atoms with van der Waals surface area (Å²) < 4.78 is 16.6. The van der Waals surface area contributed by atoms with E-state index in [9.17, 15) is 14.4 Å². The zero-order chi connectivity index (χ0) is 30.8. The van der Waals surface area contributed by atoms with Gasteiger partial charge in [0.05, 0.1) is 29.9 Å². The molecule has 3 rings (SSSR count). The molecular formula is C32H36Cl2N2O6. The molecule has 0 spiro atoms. The van der Waals surface area contributed by atoms with Crippen LogP contribution in [0.2, 0.25) is 10.0 Å². The molecule has 0 aromatic heterocycles. The van der Waals surface area contributed by atoms with Crippen molar-refractivity contribution >= 4 is 41.0 Å².